The van der Waals surface area contributed by atoms with Crippen molar-refractivity contribution in [2.45, 2.75) is 25.1 Å². The lowest BCUT2D eigenvalue weighted by Crippen LogP contribution is -2.36. The molecule has 0 saturated carbocycles. The highest BCUT2D eigenvalue weighted by Crippen LogP contribution is 2.22. The summed E-state index contributed by atoms with van der Waals surface area (Å²) < 4.78 is 6.62. The maximum atomic E-state index is 11.8. The summed E-state index contributed by atoms with van der Waals surface area (Å²) in [5.41, 5.74) is 2.04. The third-order valence-corrected chi connectivity index (χ3v) is 3.92. The van der Waals surface area contributed by atoms with Gasteiger partial charge in [-0.2, -0.15) is 5.10 Å². The third kappa shape index (κ3) is 3.03. The Kier molecular flexibility index (Phi) is 4.22. The predicted molar refractivity (Wildman–Crippen MR) is 80.4 cm³/mol. The van der Waals surface area contributed by atoms with Crippen LogP contribution in [0.5, 0.6) is 0 Å². The van der Waals surface area contributed by atoms with Gasteiger partial charge in [-0.15, -0.1) is 0 Å². The van der Waals surface area contributed by atoms with Crippen molar-refractivity contribution in [1.29, 1.82) is 0 Å². The average Bonchev–Trinajstić information content (AvgIpc) is 3.17. The van der Waals surface area contributed by atoms with Crippen LogP contribution in [0.15, 0.2) is 42.7 Å². The van der Waals surface area contributed by atoms with Gasteiger partial charge in [0.2, 0.25) is 0 Å². The van der Waals surface area contributed by atoms with Crippen molar-refractivity contribution in [3.63, 3.8) is 0 Å². The number of aliphatic hydroxyl groups excluding tert-OH is 1. The molecule has 1 aromatic heterocycles. The number of esters is 1. The summed E-state index contributed by atoms with van der Waals surface area (Å²) in [5, 5.41) is 14.1. The molecule has 1 fully saturated rings. The van der Waals surface area contributed by atoms with E-state index in [9.17, 15) is 9.90 Å². The number of rotatable bonds is 4. The van der Waals surface area contributed by atoms with E-state index in [1.54, 1.807) is 10.9 Å². The van der Waals surface area contributed by atoms with Gasteiger partial charge in [0.05, 0.1) is 18.9 Å². The van der Waals surface area contributed by atoms with E-state index in [2.05, 4.69) is 5.10 Å². The van der Waals surface area contributed by atoms with Crippen molar-refractivity contribution in [2.75, 3.05) is 13.7 Å². The number of methoxy groups -OCH3 is 1. The number of aliphatic hydroxyl groups is 1. The van der Waals surface area contributed by atoms with E-state index in [1.807, 2.05) is 41.4 Å². The smallest absolute Gasteiger partial charge is 0.323 e. The fraction of sp³-hybridized carbons (Fsp3) is 0.375. The zero-order valence-electron chi connectivity index (χ0n) is 12.4. The van der Waals surface area contributed by atoms with Gasteiger partial charge in [-0.25, -0.2) is 4.68 Å². The van der Waals surface area contributed by atoms with Gasteiger partial charge in [0, 0.05) is 31.9 Å². The molecule has 0 radical (unpaired) electrons. The monoisotopic (exact) mass is 301 g/mol. The fourth-order valence-electron chi connectivity index (χ4n) is 2.89. The van der Waals surface area contributed by atoms with Crippen LogP contribution < -0.4 is 0 Å². The van der Waals surface area contributed by atoms with E-state index >= 15 is 0 Å². The van der Waals surface area contributed by atoms with E-state index in [-0.39, 0.29) is 12.0 Å². The molecule has 2 atom stereocenters. The molecule has 22 heavy (non-hydrogen) atoms. The van der Waals surface area contributed by atoms with Gasteiger partial charge in [0.25, 0.3) is 0 Å². The molecule has 0 amide bonds. The number of aromatic nitrogens is 2. The highest BCUT2D eigenvalue weighted by atomic mass is 16.5. The van der Waals surface area contributed by atoms with Crippen molar-refractivity contribution in [1.82, 2.24) is 14.7 Å². The first-order valence-corrected chi connectivity index (χ1v) is 7.26. The van der Waals surface area contributed by atoms with Crippen molar-refractivity contribution < 1.29 is 14.6 Å². The molecule has 0 unspecified atom stereocenters. The average molecular weight is 301 g/mol. The topological polar surface area (TPSA) is 67.6 Å². The van der Waals surface area contributed by atoms with Gasteiger partial charge in [-0.3, -0.25) is 9.69 Å². The maximum Gasteiger partial charge on any atom is 0.323 e. The first kappa shape index (κ1) is 14.7. The Morgan fingerprint density at radius 3 is 3.05 bits per heavy atom. The van der Waals surface area contributed by atoms with Gasteiger partial charge < -0.3 is 9.84 Å². The summed E-state index contributed by atoms with van der Waals surface area (Å²) >= 11 is 0. The molecule has 6 nitrogen and oxygen atoms in total. The second-order valence-electron chi connectivity index (χ2n) is 5.48. The normalized spacial score (nSPS) is 21.9. The van der Waals surface area contributed by atoms with Crippen molar-refractivity contribution in [3.8, 4) is 5.69 Å². The molecule has 2 heterocycles. The van der Waals surface area contributed by atoms with Crippen LogP contribution in [-0.4, -0.2) is 51.6 Å². The Morgan fingerprint density at radius 1 is 1.45 bits per heavy atom. The fourth-order valence-corrected chi connectivity index (χ4v) is 2.89. The number of hydrogen-bond donors (Lipinski definition) is 1. The van der Waals surface area contributed by atoms with Gasteiger partial charge in [-0.1, -0.05) is 12.1 Å². The summed E-state index contributed by atoms with van der Waals surface area (Å²) in [7, 11) is 1.38. The number of likely N-dealkylation sites (tertiary alicyclic amines) is 1. The molecule has 0 bridgehead atoms. The first-order chi connectivity index (χ1) is 10.7. The van der Waals surface area contributed by atoms with E-state index in [4.69, 9.17) is 4.74 Å². The van der Waals surface area contributed by atoms with Gasteiger partial charge in [0.1, 0.15) is 6.04 Å². The lowest BCUT2D eigenvalue weighted by atomic mass is 10.1. The summed E-state index contributed by atoms with van der Waals surface area (Å²) in [5.74, 6) is -0.292. The van der Waals surface area contributed by atoms with Crippen molar-refractivity contribution in [2.24, 2.45) is 0 Å². The second kappa shape index (κ2) is 6.29. The number of nitrogens with zero attached hydrogens (tertiary/aromatic N) is 3. The van der Waals surface area contributed by atoms with Crippen molar-refractivity contribution in [3.05, 3.63) is 48.3 Å². The number of hydrogen-bond acceptors (Lipinski definition) is 5. The van der Waals surface area contributed by atoms with E-state index < -0.39 is 6.10 Å². The zero-order valence-corrected chi connectivity index (χ0v) is 12.4. The number of ether oxygens (including phenoxy) is 1. The Balaban J connectivity index is 1.77. The SMILES string of the molecule is COC(=O)[C@H]1C[C@H](O)CN1Cc1cccc(-n2cccn2)c1. The largest absolute Gasteiger partial charge is 0.468 e. The second-order valence-corrected chi connectivity index (χ2v) is 5.48. The van der Waals surface area contributed by atoms with E-state index in [0.717, 1.165) is 11.3 Å². The van der Waals surface area contributed by atoms with Crippen LogP contribution >= 0.6 is 0 Å². The zero-order chi connectivity index (χ0) is 15.5. The lowest BCUT2D eigenvalue weighted by molar-refractivity contribution is -0.146. The van der Waals surface area contributed by atoms with Gasteiger partial charge in [0.15, 0.2) is 0 Å². The van der Waals surface area contributed by atoms with Crippen LogP contribution in [0, 0.1) is 0 Å². The van der Waals surface area contributed by atoms with Crippen LogP contribution in [0.25, 0.3) is 5.69 Å². The molecule has 0 aliphatic carbocycles. The highest BCUT2D eigenvalue weighted by molar-refractivity contribution is 5.76. The highest BCUT2D eigenvalue weighted by Gasteiger charge is 2.36. The van der Waals surface area contributed by atoms with Crippen LogP contribution in [0.2, 0.25) is 0 Å². The Hall–Kier alpha value is -2.18. The summed E-state index contributed by atoms with van der Waals surface area (Å²) in [6.07, 6.45) is 3.55. The molecule has 6 heteroatoms. The molecule has 116 valence electrons. The molecule has 0 spiro atoms. The molecular formula is C16H19N3O3. The molecule has 1 aliphatic heterocycles. The Morgan fingerprint density at radius 2 is 2.32 bits per heavy atom. The molecule has 2 aromatic rings. The van der Waals surface area contributed by atoms with Crippen LogP contribution in [0.4, 0.5) is 0 Å². The molecule has 1 N–H and O–H groups in total. The van der Waals surface area contributed by atoms with Crippen LogP contribution in [0.3, 0.4) is 0 Å². The van der Waals surface area contributed by atoms with Gasteiger partial charge in [-0.05, 0) is 23.8 Å². The minimum atomic E-state index is -0.488. The molecular weight excluding hydrogens is 282 g/mol. The summed E-state index contributed by atoms with van der Waals surface area (Å²) in [6.45, 7) is 1.07. The number of carbonyl (C=O) groups is 1. The van der Waals surface area contributed by atoms with E-state index in [0.29, 0.717) is 19.5 Å². The lowest BCUT2D eigenvalue weighted by Gasteiger charge is -2.22. The van der Waals surface area contributed by atoms with Crippen molar-refractivity contribution >= 4 is 5.97 Å². The Labute approximate surface area is 128 Å². The number of β-amino-alcohol motifs (C(OH)–C–C–N with tert-alkyl or cyclic N) is 1. The minimum Gasteiger partial charge on any atom is -0.468 e. The molecule has 3 rings (SSSR count). The maximum absolute atomic E-state index is 11.8. The molecule has 1 aliphatic rings. The van der Waals surface area contributed by atoms with E-state index in [1.165, 1.54) is 7.11 Å². The van der Waals surface area contributed by atoms with Crippen LogP contribution in [0.1, 0.15) is 12.0 Å². The predicted octanol–water partition coefficient (Wildman–Crippen LogP) is 0.980. The van der Waals surface area contributed by atoms with Gasteiger partial charge >= 0.3 is 5.97 Å². The summed E-state index contributed by atoms with van der Waals surface area (Å²) in [4.78, 5) is 13.8. The number of benzene rings is 1. The molecule has 1 aromatic carbocycles. The summed E-state index contributed by atoms with van der Waals surface area (Å²) in [6, 6.07) is 9.47. The first-order valence-electron chi connectivity index (χ1n) is 7.26. The minimum absolute atomic E-state index is 0.292. The standard InChI is InChI=1S/C16H19N3O3/c1-22-16(21)15-9-14(20)11-18(15)10-12-4-2-5-13(8-12)19-7-3-6-17-19/h2-8,14-15,20H,9-11H2,1H3/t14-,15+/m0/s1. The quantitative estimate of drug-likeness (QED) is 0.853. The molecule has 1 saturated heterocycles. The van der Waals surface area contributed by atoms with Crippen LogP contribution in [-0.2, 0) is 16.1 Å². The Bertz CT molecular complexity index is 642. The third-order valence-electron chi connectivity index (χ3n) is 3.92. The number of carbonyl (C=O) groups excluding carboxylic acids is 1.